The predicted octanol–water partition coefficient (Wildman–Crippen LogP) is 5.67. The van der Waals surface area contributed by atoms with Gasteiger partial charge in [0, 0.05) is 26.2 Å². The van der Waals surface area contributed by atoms with E-state index in [4.69, 9.17) is 17.3 Å². The summed E-state index contributed by atoms with van der Waals surface area (Å²) in [5, 5.41) is 0.828. The maximum absolute atomic E-state index is 6.18. The zero-order chi connectivity index (χ0) is 15.2. The summed E-state index contributed by atoms with van der Waals surface area (Å²) in [4.78, 5) is 1.23. The molecule has 1 nitrogen and oxygen atoms in total. The Morgan fingerprint density at radius 2 is 1.95 bits per heavy atom. The summed E-state index contributed by atoms with van der Waals surface area (Å²) in [5.41, 5.74) is 8.46. The molecule has 2 aromatic carbocycles. The molecule has 112 valence electrons. The van der Waals surface area contributed by atoms with Gasteiger partial charge in [-0.3, -0.25) is 0 Å². The Bertz CT molecular complexity index is 603. The van der Waals surface area contributed by atoms with Crippen molar-refractivity contribution in [3.8, 4) is 0 Å². The molecule has 0 bridgehead atoms. The molecule has 0 saturated carbocycles. The largest absolute Gasteiger partial charge is 0.327 e. The van der Waals surface area contributed by atoms with Gasteiger partial charge in [-0.1, -0.05) is 58.7 Å². The fraction of sp³-hybridized carbons (Fsp3) is 0.294. The standard InChI is InChI=1S/C17H19BrClNS/c1-2-14(20)9-12-7-8-15(10-16(12)18)21-11-13-5-3-4-6-17(13)19/h3-8,10,14H,2,9,11,20H2,1H3. The highest BCUT2D eigenvalue weighted by Crippen LogP contribution is 2.30. The van der Waals surface area contributed by atoms with Crippen LogP contribution >= 0.6 is 39.3 Å². The number of rotatable bonds is 6. The lowest BCUT2D eigenvalue weighted by Crippen LogP contribution is -2.21. The second-order valence-electron chi connectivity index (χ2n) is 5.01. The number of nitrogens with two attached hydrogens (primary N) is 1. The average molecular weight is 385 g/mol. The molecule has 0 aliphatic rings. The molecule has 0 aromatic heterocycles. The van der Waals surface area contributed by atoms with Gasteiger partial charge in [0.1, 0.15) is 0 Å². The van der Waals surface area contributed by atoms with Crippen LogP contribution in [0.3, 0.4) is 0 Å². The lowest BCUT2D eigenvalue weighted by Gasteiger charge is -2.12. The van der Waals surface area contributed by atoms with E-state index in [2.05, 4.69) is 47.1 Å². The average Bonchev–Trinajstić information content (AvgIpc) is 2.48. The molecule has 1 unspecified atom stereocenters. The normalized spacial score (nSPS) is 12.4. The number of hydrogen-bond donors (Lipinski definition) is 1. The first-order valence-corrected chi connectivity index (χ1v) is 9.16. The van der Waals surface area contributed by atoms with E-state index < -0.39 is 0 Å². The summed E-state index contributed by atoms with van der Waals surface area (Å²) in [6, 6.07) is 14.7. The Morgan fingerprint density at radius 3 is 2.62 bits per heavy atom. The molecule has 0 saturated heterocycles. The van der Waals surface area contributed by atoms with Crippen LogP contribution in [0.1, 0.15) is 24.5 Å². The first-order valence-electron chi connectivity index (χ1n) is 7.00. The highest BCUT2D eigenvalue weighted by Gasteiger charge is 2.07. The van der Waals surface area contributed by atoms with E-state index in [0.717, 1.165) is 33.7 Å². The zero-order valence-electron chi connectivity index (χ0n) is 12.0. The van der Waals surface area contributed by atoms with Crippen molar-refractivity contribution in [1.82, 2.24) is 0 Å². The Kier molecular flexibility index (Phi) is 6.62. The van der Waals surface area contributed by atoms with Crippen molar-refractivity contribution in [1.29, 1.82) is 0 Å². The van der Waals surface area contributed by atoms with Gasteiger partial charge in [-0.2, -0.15) is 0 Å². The van der Waals surface area contributed by atoms with Crippen LogP contribution in [0.25, 0.3) is 0 Å². The van der Waals surface area contributed by atoms with Crippen molar-refractivity contribution in [2.45, 2.75) is 36.5 Å². The van der Waals surface area contributed by atoms with Gasteiger partial charge in [0.2, 0.25) is 0 Å². The van der Waals surface area contributed by atoms with Crippen molar-refractivity contribution in [2.75, 3.05) is 0 Å². The third kappa shape index (κ3) is 5.03. The minimum absolute atomic E-state index is 0.225. The second-order valence-corrected chi connectivity index (χ2v) is 7.32. The van der Waals surface area contributed by atoms with Gasteiger partial charge in [0.25, 0.3) is 0 Å². The summed E-state index contributed by atoms with van der Waals surface area (Å²) in [7, 11) is 0. The van der Waals surface area contributed by atoms with Crippen LogP contribution in [0, 0.1) is 0 Å². The van der Waals surface area contributed by atoms with Crippen LogP contribution in [0.5, 0.6) is 0 Å². The molecule has 4 heteroatoms. The monoisotopic (exact) mass is 383 g/mol. The van der Waals surface area contributed by atoms with Gasteiger partial charge in [-0.15, -0.1) is 11.8 Å². The van der Waals surface area contributed by atoms with Gasteiger partial charge in [-0.05, 0) is 42.2 Å². The van der Waals surface area contributed by atoms with Crippen molar-refractivity contribution in [3.05, 3.63) is 63.1 Å². The molecular weight excluding hydrogens is 366 g/mol. The third-order valence-electron chi connectivity index (χ3n) is 3.38. The Hall–Kier alpha value is -0.480. The van der Waals surface area contributed by atoms with Crippen molar-refractivity contribution in [2.24, 2.45) is 5.73 Å². The van der Waals surface area contributed by atoms with Gasteiger partial charge < -0.3 is 5.73 Å². The first-order chi connectivity index (χ1) is 10.1. The lowest BCUT2D eigenvalue weighted by molar-refractivity contribution is 0.645. The molecule has 21 heavy (non-hydrogen) atoms. The highest BCUT2D eigenvalue weighted by molar-refractivity contribution is 9.10. The zero-order valence-corrected chi connectivity index (χ0v) is 15.1. The van der Waals surface area contributed by atoms with Crippen LogP contribution in [0.2, 0.25) is 5.02 Å². The third-order valence-corrected chi connectivity index (χ3v) is 5.53. The van der Waals surface area contributed by atoms with Crippen molar-refractivity contribution < 1.29 is 0 Å². The molecular formula is C17H19BrClNS. The van der Waals surface area contributed by atoms with Gasteiger partial charge >= 0.3 is 0 Å². The van der Waals surface area contributed by atoms with E-state index in [1.54, 1.807) is 11.8 Å². The fourth-order valence-corrected chi connectivity index (χ4v) is 3.90. The van der Waals surface area contributed by atoms with Gasteiger partial charge in [0.05, 0.1) is 0 Å². The highest BCUT2D eigenvalue weighted by atomic mass is 79.9. The van der Waals surface area contributed by atoms with E-state index in [0.29, 0.717) is 0 Å². The number of benzene rings is 2. The van der Waals surface area contributed by atoms with Crippen LogP contribution < -0.4 is 5.73 Å². The Labute approximate surface area is 144 Å². The topological polar surface area (TPSA) is 26.0 Å². The van der Waals surface area contributed by atoms with Crippen LogP contribution in [-0.4, -0.2) is 6.04 Å². The first kappa shape index (κ1) is 16.9. The lowest BCUT2D eigenvalue weighted by atomic mass is 10.1. The van der Waals surface area contributed by atoms with E-state index in [9.17, 15) is 0 Å². The Balaban J connectivity index is 2.02. The Morgan fingerprint density at radius 1 is 1.19 bits per heavy atom. The summed E-state index contributed by atoms with van der Waals surface area (Å²) in [6.45, 7) is 2.12. The van der Waals surface area contributed by atoms with Crippen LogP contribution in [0.15, 0.2) is 51.8 Å². The molecule has 0 radical (unpaired) electrons. The molecule has 0 spiro atoms. The fourth-order valence-electron chi connectivity index (χ4n) is 1.99. The number of thioether (sulfide) groups is 1. The molecule has 0 amide bonds. The van der Waals surface area contributed by atoms with E-state index >= 15 is 0 Å². The quantitative estimate of drug-likeness (QED) is 0.649. The van der Waals surface area contributed by atoms with Crippen LogP contribution in [-0.2, 0) is 12.2 Å². The summed E-state index contributed by atoms with van der Waals surface area (Å²) in [6.07, 6.45) is 1.90. The molecule has 2 rings (SSSR count). The maximum atomic E-state index is 6.18. The van der Waals surface area contributed by atoms with Gasteiger partial charge in [-0.25, -0.2) is 0 Å². The molecule has 0 aliphatic carbocycles. The van der Waals surface area contributed by atoms with Crippen molar-refractivity contribution >= 4 is 39.3 Å². The summed E-state index contributed by atoms with van der Waals surface area (Å²) < 4.78 is 1.13. The molecule has 2 aromatic rings. The van der Waals surface area contributed by atoms with E-state index in [1.165, 1.54) is 10.5 Å². The minimum atomic E-state index is 0.225. The summed E-state index contributed by atoms with van der Waals surface area (Å²) in [5.74, 6) is 0.875. The van der Waals surface area contributed by atoms with Crippen LogP contribution in [0.4, 0.5) is 0 Å². The van der Waals surface area contributed by atoms with E-state index in [1.807, 2.05) is 18.2 Å². The maximum Gasteiger partial charge on any atom is 0.0446 e. The molecule has 0 aliphatic heterocycles. The smallest absolute Gasteiger partial charge is 0.0446 e. The van der Waals surface area contributed by atoms with E-state index in [-0.39, 0.29) is 6.04 Å². The second kappa shape index (κ2) is 8.23. The molecule has 2 N–H and O–H groups in total. The number of hydrogen-bond acceptors (Lipinski definition) is 2. The molecule has 1 atom stereocenters. The predicted molar refractivity (Wildman–Crippen MR) is 97.1 cm³/mol. The van der Waals surface area contributed by atoms with Crippen molar-refractivity contribution in [3.63, 3.8) is 0 Å². The summed E-state index contributed by atoms with van der Waals surface area (Å²) >= 11 is 11.6. The van der Waals surface area contributed by atoms with Gasteiger partial charge in [0.15, 0.2) is 0 Å². The molecule has 0 fully saturated rings. The minimum Gasteiger partial charge on any atom is -0.327 e. The SMILES string of the molecule is CCC(N)Cc1ccc(SCc2ccccc2Cl)cc1Br. The number of halogens is 2. The molecule has 0 heterocycles.